The first-order valence-electron chi connectivity index (χ1n) is 6.17. The molecule has 1 N–H and O–H groups in total. The average molecular weight is 288 g/mol. The van der Waals surface area contributed by atoms with Crippen LogP contribution in [0.4, 0.5) is 8.78 Å². The summed E-state index contributed by atoms with van der Waals surface area (Å²) in [4.78, 5) is 11.3. The van der Waals surface area contributed by atoms with Gasteiger partial charge in [-0.15, -0.1) is 0 Å². The summed E-state index contributed by atoms with van der Waals surface area (Å²) in [6.45, 7) is 3.71. The number of aliphatic hydroxyl groups is 1. The summed E-state index contributed by atoms with van der Waals surface area (Å²) >= 11 is 0. The van der Waals surface area contributed by atoms with Crippen LogP contribution in [0.1, 0.15) is 25.5 Å². The lowest BCUT2D eigenvalue weighted by atomic mass is 9.96. The summed E-state index contributed by atoms with van der Waals surface area (Å²) in [7, 11) is 1.00. The van der Waals surface area contributed by atoms with E-state index in [0.29, 0.717) is 5.75 Å². The molecule has 0 aliphatic carbocycles. The van der Waals surface area contributed by atoms with Crippen molar-refractivity contribution in [1.82, 2.24) is 0 Å². The molecule has 0 amide bonds. The molecule has 4 nitrogen and oxygen atoms in total. The van der Waals surface area contributed by atoms with E-state index in [4.69, 9.17) is 4.74 Å². The fraction of sp³-hybridized carbons (Fsp3) is 0.500. The number of carbonyl (C=O) groups is 1. The second-order valence-electron chi connectivity index (χ2n) is 4.56. The Morgan fingerprint density at radius 3 is 2.15 bits per heavy atom. The van der Waals surface area contributed by atoms with E-state index in [1.54, 1.807) is 12.1 Å². The lowest BCUT2D eigenvalue weighted by Crippen LogP contribution is -2.30. The third-order valence-corrected chi connectivity index (χ3v) is 2.68. The van der Waals surface area contributed by atoms with Gasteiger partial charge in [0.2, 0.25) is 0 Å². The number of ether oxygens (including phenoxy) is 2. The summed E-state index contributed by atoms with van der Waals surface area (Å²) in [5, 5.41) is 9.90. The highest BCUT2D eigenvalue weighted by atomic mass is 19.3. The number of alkyl halides is 2. The maximum absolute atomic E-state index is 12.8. The molecule has 112 valence electrons. The van der Waals surface area contributed by atoms with E-state index in [0.717, 1.165) is 7.11 Å². The molecule has 0 aliphatic heterocycles. The smallest absolute Gasteiger partial charge is 0.317 e. The first-order chi connectivity index (χ1) is 9.36. The maximum atomic E-state index is 12.8. The predicted octanol–water partition coefficient (Wildman–Crippen LogP) is 2.56. The second kappa shape index (κ2) is 7.19. The Balaban J connectivity index is 2.89. The number of hydrogen-bond donors (Lipinski definition) is 1. The van der Waals surface area contributed by atoms with Gasteiger partial charge in [0.15, 0.2) is 0 Å². The number of rotatable bonds is 6. The molecule has 0 fully saturated rings. The van der Waals surface area contributed by atoms with Gasteiger partial charge in [0.1, 0.15) is 11.7 Å². The third-order valence-electron chi connectivity index (χ3n) is 2.68. The van der Waals surface area contributed by atoms with Crippen LogP contribution in [-0.2, 0) is 9.53 Å². The van der Waals surface area contributed by atoms with Crippen molar-refractivity contribution >= 4 is 5.97 Å². The Labute approximate surface area is 116 Å². The lowest BCUT2D eigenvalue weighted by Gasteiger charge is -2.20. The van der Waals surface area contributed by atoms with Crippen molar-refractivity contribution in [2.45, 2.75) is 32.5 Å². The van der Waals surface area contributed by atoms with E-state index < -0.39 is 24.4 Å². The molecule has 0 heterocycles. The zero-order valence-electron chi connectivity index (χ0n) is 11.5. The molecule has 0 aliphatic rings. The Morgan fingerprint density at radius 2 is 1.75 bits per heavy atom. The van der Waals surface area contributed by atoms with Crippen LogP contribution in [0.3, 0.4) is 0 Å². The summed E-state index contributed by atoms with van der Waals surface area (Å²) < 4.78 is 35.4. The largest absolute Gasteiger partial charge is 0.491 e. The first kappa shape index (κ1) is 16.4. The van der Waals surface area contributed by atoms with E-state index in [-0.39, 0.29) is 11.7 Å². The van der Waals surface area contributed by atoms with Crippen LogP contribution >= 0.6 is 0 Å². The second-order valence-corrected chi connectivity index (χ2v) is 4.56. The highest BCUT2D eigenvalue weighted by Gasteiger charge is 2.37. The average Bonchev–Trinajstić information content (AvgIpc) is 2.38. The van der Waals surface area contributed by atoms with Gasteiger partial charge in [-0.05, 0) is 31.5 Å². The first-order valence-corrected chi connectivity index (χ1v) is 6.17. The Kier molecular flexibility index (Phi) is 5.88. The molecule has 2 unspecified atom stereocenters. The molecule has 0 aromatic heterocycles. The van der Waals surface area contributed by atoms with Crippen LogP contribution in [0.5, 0.6) is 5.75 Å². The lowest BCUT2D eigenvalue weighted by molar-refractivity contribution is -0.157. The third kappa shape index (κ3) is 4.16. The highest BCUT2D eigenvalue weighted by Crippen LogP contribution is 2.29. The minimum atomic E-state index is -3.01. The molecule has 1 aromatic carbocycles. The van der Waals surface area contributed by atoms with Gasteiger partial charge in [-0.1, -0.05) is 12.1 Å². The molecule has 2 atom stereocenters. The Hall–Kier alpha value is -1.69. The molecule has 6 heteroatoms. The number of aliphatic hydroxyl groups excluding tert-OH is 1. The molecule has 0 spiro atoms. The van der Waals surface area contributed by atoms with E-state index >= 15 is 0 Å². The van der Waals surface area contributed by atoms with E-state index in [2.05, 4.69) is 4.74 Å². The summed E-state index contributed by atoms with van der Waals surface area (Å²) in [5.74, 6) is -2.49. The molecule has 0 saturated heterocycles. The Bertz CT molecular complexity index is 431. The van der Waals surface area contributed by atoms with Crippen molar-refractivity contribution in [3.05, 3.63) is 29.8 Å². The van der Waals surface area contributed by atoms with Crippen molar-refractivity contribution in [2.75, 3.05) is 7.11 Å². The molecule has 0 bridgehead atoms. The normalized spacial score (nSPS) is 14.2. The zero-order valence-corrected chi connectivity index (χ0v) is 11.5. The van der Waals surface area contributed by atoms with Gasteiger partial charge < -0.3 is 14.6 Å². The molecule has 0 radical (unpaired) electrons. The van der Waals surface area contributed by atoms with Crippen molar-refractivity contribution in [2.24, 2.45) is 5.92 Å². The topological polar surface area (TPSA) is 55.8 Å². The van der Waals surface area contributed by atoms with E-state index in [1.807, 2.05) is 13.8 Å². The fourth-order valence-corrected chi connectivity index (χ4v) is 1.73. The van der Waals surface area contributed by atoms with Gasteiger partial charge in [-0.3, -0.25) is 4.79 Å². The summed E-state index contributed by atoms with van der Waals surface area (Å²) in [6.07, 6.45) is -4.66. The van der Waals surface area contributed by atoms with Crippen LogP contribution in [0, 0.1) is 5.92 Å². The quantitative estimate of drug-likeness (QED) is 0.817. The SMILES string of the molecule is COC(=O)C(C(F)F)C(O)c1ccc(OC(C)C)cc1. The van der Waals surface area contributed by atoms with Gasteiger partial charge in [0, 0.05) is 0 Å². The van der Waals surface area contributed by atoms with Crippen LogP contribution < -0.4 is 4.74 Å². The monoisotopic (exact) mass is 288 g/mol. The van der Waals surface area contributed by atoms with Gasteiger partial charge in [0.25, 0.3) is 6.43 Å². The van der Waals surface area contributed by atoms with Gasteiger partial charge in [-0.2, -0.15) is 0 Å². The van der Waals surface area contributed by atoms with Crippen molar-refractivity contribution < 1.29 is 28.2 Å². The minimum absolute atomic E-state index is 0.0188. The number of esters is 1. The molecule has 0 saturated carbocycles. The zero-order chi connectivity index (χ0) is 15.3. The summed E-state index contributed by atoms with van der Waals surface area (Å²) in [5.41, 5.74) is 0.205. The van der Waals surface area contributed by atoms with Crippen molar-refractivity contribution in [1.29, 1.82) is 0 Å². The number of carbonyl (C=O) groups excluding carboxylic acids is 1. The standard InChI is InChI=1S/C14H18F2O4/c1-8(2)20-10-6-4-9(5-7-10)12(17)11(13(15)16)14(18)19-3/h4-8,11-13,17H,1-3H3. The molecule has 1 aromatic rings. The minimum Gasteiger partial charge on any atom is -0.491 e. The van der Waals surface area contributed by atoms with E-state index in [9.17, 15) is 18.7 Å². The number of halogens is 2. The van der Waals surface area contributed by atoms with E-state index in [1.165, 1.54) is 12.1 Å². The van der Waals surface area contributed by atoms with Gasteiger partial charge >= 0.3 is 5.97 Å². The van der Waals surface area contributed by atoms with Crippen LogP contribution in [-0.4, -0.2) is 30.7 Å². The van der Waals surface area contributed by atoms with Gasteiger partial charge in [-0.25, -0.2) is 8.78 Å². The molecular formula is C14H18F2O4. The maximum Gasteiger partial charge on any atom is 0.317 e. The molecular weight excluding hydrogens is 270 g/mol. The molecule has 20 heavy (non-hydrogen) atoms. The van der Waals surface area contributed by atoms with Gasteiger partial charge in [0.05, 0.1) is 19.3 Å². The van der Waals surface area contributed by atoms with Crippen LogP contribution in [0.15, 0.2) is 24.3 Å². The van der Waals surface area contributed by atoms with Crippen LogP contribution in [0.2, 0.25) is 0 Å². The highest BCUT2D eigenvalue weighted by molar-refractivity contribution is 5.73. The summed E-state index contributed by atoms with van der Waals surface area (Å²) in [6, 6.07) is 6.00. The molecule has 1 rings (SSSR count). The fourth-order valence-electron chi connectivity index (χ4n) is 1.73. The number of methoxy groups -OCH3 is 1. The van der Waals surface area contributed by atoms with Crippen molar-refractivity contribution in [3.63, 3.8) is 0 Å². The number of benzene rings is 1. The van der Waals surface area contributed by atoms with Crippen molar-refractivity contribution in [3.8, 4) is 5.75 Å². The Morgan fingerprint density at radius 1 is 1.20 bits per heavy atom. The predicted molar refractivity (Wildman–Crippen MR) is 68.7 cm³/mol. The number of hydrogen-bond acceptors (Lipinski definition) is 4. The van der Waals surface area contributed by atoms with Crippen LogP contribution in [0.25, 0.3) is 0 Å².